The minimum absolute atomic E-state index is 0.0750. The van der Waals surface area contributed by atoms with Gasteiger partial charge in [0.2, 0.25) is 0 Å². The Morgan fingerprint density at radius 2 is 1.91 bits per heavy atom. The average Bonchev–Trinajstić information content (AvgIpc) is 3.31. The van der Waals surface area contributed by atoms with E-state index in [1.54, 1.807) is 24.3 Å². The number of amides is 1. The normalized spacial score (nSPS) is 10.9. The number of benzene rings is 3. The number of phenols is 1. The van der Waals surface area contributed by atoms with E-state index in [9.17, 15) is 9.90 Å². The highest BCUT2D eigenvalue weighted by Crippen LogP contribution is 2.24. The molecule has 0 saturated carbocycles. The molecule has 0 fully saturated rings. The number of aromatic amines is 1. The Morgan fingerprint density at radius 1 is 1.09 bits per heavy atom. The summed E-state index contributed by atoms with van der Waals surface area (Å²) in [6.07, 6.45) is 1.37. The average molecular weight is 447 g/mol. The maximum Gasteiger partial charge on any atom is 0.289 e. The summed E-state index contributed by atoms with van der Waals surface area (Å²) in [4.78, 5) is 12.3. The maximum absolute atomic E-state index is 12.3. The molecule has 160 valence electrons. The van der Waals surface area contributed by atoms with Crippen molar-refractivity contribution in [2.75, 3.05) is 0 Å². The molecule has 0 spiro atoms. The van der Waals surface area contributed by atoms with Gasteiger partial charge in [-0.2, -0.15) is 10.2 Å². The molecule has 8 heteroatoms. The number of hydrogen-bond acceptors (Lipinski definition) is 5. The third kappa shape index (κ3) is 5.14. The zero-order chi connectivity index (χ0) is 22.3. The molecule has 0 aliphatic rings. The molecular formula is C24H19ClN4O3. The summed E-state index contributed by atoms with van der Waals surface area (Å²) >= 11 is 6.17. The molecule has 0 atom stereocenters. The summed E-state index contributed by atoms with van der Waals surface area (Å²) in [6, 6.07) is 23.2. The van der Waals surface area contributed by atoms with Crippen molar-refractivity contribution in [3.63, 3.8) is 0 Å². The Hall–Kier alpha value is -4.10. The third-order valence-corrected chi connectivity index (χ3v) is 4.98. The lowest BCUT2D eigenvalue weighted by Gasteiger charge is -2.08. The number of hydrogen-bond donors (Lipinski definition) is 3. The van der Waals surface area contributed by atoms with Crippen LogP contribution in [0.3, 0.4) is 0 Å². The first-order chi connectivity index (χ1) is 15.6. The summed E-state index contributed by atoms with van der Waals surface area (Å²) < 4.78 is 5.85. The van der Waals surface area contributed by atoms with E-state index in [1.165, 1.54) is 12.3 Å². The van der Waals surface area contributed by atoms with Gasteiger partial charge in [-0.3, -0.25) is 9.89 Å². The van der Waals surface area contributed by atoms with Crippen LogP contribution in [0.1, 0.15) is 21.6 Å². The molecule has 0 radical (unpaired) electrons. The van der Waals surface area contributed by atoms with Gasteiger partial charge in [0.25, 0.3) is 5.91 Å². The number of aromatic nitrogens is 2. The maximum atomic E-state index is 12.3. The van der Waals surface area contributed by atoms with Crippen LogP contribution in [0.5, 0.6) is 11.5 Å². The Kier molecular flexibility index (Phi) is 6.48. The second-order valence-electron chi connectivity index (χ2n) is 6.83. The fourth-order valence-corrected chi connectivity index (χ4v) is 3.12. The van der Waals surface area contributed by atoms with Gasteiger partial charge in [0.15, 0.2) is 0 Å². The predicted molar refractivity (Wildman–Crippen MR) is 123 cm³/mol. The highest BCUT2D eigenvalue weighted by molar-refractivity contribution is 6.31. The van der Waals surface area contributed by atoms with E-state index >= 15 is 0 Å². The Labute approximate surface area is 189 Å². The standard InChI is InChI=1S/C24H19ClN4O3/c25-20-10-3-1-7-18(20)15-32-19-9-5-8-16(12-19)21-13-22(28-27-21)24(31)29-26-14-17-6-2-4-11-23(17)30/h1-14,30H,15H2,(H,27,28)(H,29,31)/b26-14-. The quantitative estimate of drug-likeness (QED) is 0.281. The van der Waals surface area contributed by atoms with Crippen molar-refractivity contribution < 1.29 is 14.6 Å². The van der Waals surface area contributed by atoms with Crippen molar-refractivity contribution in [1.29, 1.82) is 0 Å². The molecule has 4 aromatic rings. The number of carbonyl (C=O) groups is 1. The molecule has 1 heterocycles. The van der Waals surface area contributed by atoms with Crippen molar-refractivity contribution in [2.45, 2.75) is 6.61 Å². The highest BCUT2D eigenvalue weighted by atomic mass is 35.5. The van der Waals surface area contributed by atoms with Gasteiger partial charge in [-0.05, 0) is 36.4 Å². The fraction of sp³-hybridized carbons (Fsp3) is 0.0417. The molecule has 4 rings (SSSR count). The lowest BCUT2D eigenvalue weighted by atomic mass is 10.1. The minimum Gasteiger partial charge on any atom is -0.507 e. The van der Waals surface area contributed by atoms with E-state index in [2.05, 4.69) is 20.7 Å². The molecule has 1 aromatic heterocycles. The number of H-pyrrole nitrogens is 1. The lowest BCUT2D eigenvalue weighted by molar-refractivity contribution is 0.0950. The molecule has 0 bridgehead atoms. The molecule has 7 nitrogen and oxygen atoms in total. The van der Waals surface area contributed by atoms with E-state index < -0.39 is 5.91 Å². The third-order valence-electron chi connectivity index (χ3n) is 4.61. The number of nitrogens with one attached hydrogen (secondary N) is 2. The molecule has 32 heavy (non-hydrogen) atoms. The van der Waals surface area contributed by atoms with Crippen LogP contribution < -0.4 is 10.2 Å². The second kappa shape index (κ2) is 9.80. The number of hydrazone groups is 1. The van der Waals surface area contributed by atoms with Crippen LogP contribution >= 0.6 is 11.6 Å². The topological polar surface area (TPSA) is 99.6 Å². The number of halogens is 1. The van der Waals surface area contributed by atoms with Crippen LogP contribution in [0, 0.1) is 0 Å². The number of rotatable bonds is 7. The van der Waals surface area contributed by atoms with Crippen molar-refractivity contribution in [3.05, 3.63) is 101 Å². The van der Waals surface area contributed by atoms with Gasteiger partial charge in [-0.25, -0.2) is 5.43 Å². The molecule has 0 aliphatic heterocycles. The van der Waals surface area contributed by atoms with Crippen LogP contribution in [0.4, 0.5) is 0 Å². The van der Waals surface area contributed by atoms with E-state index in [0.29, 0.717) is 28.6 Å². The monoisotopic (exact) mass is 446 g/mol. The minimum atomic E-state index is -0.457. The van der Waals surface area contributed by atoms with Gasteiger partial charge in [0.05, 0.1) is 11.9 Å². The summed E-state index contributed by atoms with van der Waals surface area (Å²) in [7, 11) is 0. The Morgan fingerprint density at radius 3 is 2.75 bits per heavy atom. The zero-order valence-electron chi connectivity index (χ0n) is 16.8. The van der Waals surface area contributed by atoms with Crippen molar-refractivity contribution in [3.8, 4) is 22.8 Å². The van der Waals surface area contributed by atoms with Gasteiger partial charge >= 0.3 is 0 Å². The zero-order valence-corrected chi connectivity index (χ0v) is 17.6. The van der Waals surface area contributed by atoms with Crippen molar-refractivity contribution in [2.24, 2.45) is 5.10 Å². The second-order valence-corrected chi connectivity index (χ2v) is 7.24. The van der Waals surface area contributed by atoms with Gasteiger partial charge < -0.3 is 9.84 Å². The highest BCUT2D eigenvalue weighted by Gasteiger charge is 2.11. The van der Waals surface area contributed by atoms with E-state index in [-0.39, 0.29) is 11.4 Å². The van der Waals surface area contributed by atoms with Gasteiger partial charge in [0.1, 0.15) is 23.8 Å². The molecule has 1 amide bonds. The summed E-state index contributed by atoms with van der Waals surface area (Å²) in [5.41, 5.74) is 5.41. The summed E-state index contributed by atoms with van der Waals surface area (Å²) in [6.45, 7) is 0.340. The Bertz CT molecular complexity index is 1270. The largest absolute Gasteiger partial charge is 0.507 e. The number of nitrogens with zero attached hydrogens (tertiary/aromatic N) is 2. The molecule has 3 aromatic carbocycles. The van der Waals surface area contributed by atoms with Crippen LogP contribution in [0.2, 0.25) is 5.02 Å². The summed E-state index contributed by atoms with van der Waals surface area (Å²) in [5.74, 6) is 0.274. The first-order valence-corrected chi connectivity index (χ1v) is 10.1. The van der Waals surface area contributed by atoms with Crippen molar-refractivity contribution in [1.82, 2.24) is 15.6 Å². The molecule has 0 aliphatic carbocycles. The summed E-state index contributed by atoms with van der Waals surface area (Å²) in [5, 5.41) is 21.2. The number of carbonyl (C=O) groups excluding carboxylic acids is 1. The van der Waals surface area contributed by atoms with Crippen LogP contribution in [-0.4, -0.2) is 27.4 Å². The van der Waals surface area contributed by atoms with Crippen molar-refractivity contribution >= 4 is 23.7 Å². The van der Waals surface area contributed by atoms with Crippen LogP contribution in [-0.2, 0) is 6.61 Å². The van der Waals surface area contributed by atoms with Gasteiger partial charge in [-0.1, -0.05) is 54.1 Å². The predicted octanol–water partition coefficient (Wildman–Crippen LogP) is 4.78. The van der Waals surface area contributed by atoms with Crippen LogP contribution in [0.15, 0.2) is 84.0 Å². The molecular weight excluding hydrogens is 428 g/mol. The number of aromatic hydroxyl groups is 1. The first kappa shape index (κ1) is 21.1. The SMILES string of the molecule is O=C(N/N=C\c1ccccc1O)c1cc(-c2cccc(OCc3ccccc3Cl)c2)n[nH]1. The van der Waals surface area contributed by atoms with Gasteiger partial charge in [0, 0.05) is 21.7 Å². The number of para-hydroxylation sites is 1. The van der Waals surface area contributed by atoms with Crippen LogP contribution in [0.25, 0.3) is 11.3 Å². The van der Waals surface area contributed by atoms with Gasteiger partial charge in [-0.15, -0.1) is 0 Å². The molecule has 0 unspecified atom stereocenters. The smallest absolute Gasteiger partial charge is 0.289 e. The fourth-order valence-electron chi connectivity index (χ4n) is 2.93. The Balaban J connectivity index is 1.40. The number of phenolic OH excluding ortho intramolecular Hbond substituents is 1. The lowest BCUT2D eigenvalue weighted by Crippen LogP contribution is -2.18. The van der Waals surface area contributed by atoms with E-state index in [0.717, 1.165) is 11.1 Å². The van der Waals surface area contributed by atoms with E-state index in [1.807, 2.05) is 48.5 Å². The van der Waals surface area contributed by atoms with E-state index in [4.69, 9.17) is 16.3 Å². The molecule has 3 N–H and O–H groups in total. The first-order valence-electron chi connectivity index (χ1n) is 9.73. The molecule has 0 saturated heterocycles. The number of ether oxygens (including phenoxy) is 1.